The second kappa shape index (κ2) is 8.85. The number of rotatable bonds is 5. The van der Waals surface area contributed by atoms with Gasteiger partial charge in [0.15, 0.2) is 6.04 Å². The standard InChI is InChI=1S/C25H26N2OS/c1-17-12-13-18(2)22(16-17)27-25(28)24(19-8-4-3-5-9-19)26-21-14-15-29-23-11-7-6-10-20(21)23/h3-13,16,21,24,26H,14-15H2,1-2H3,(H,27,28)/p+1/t21-,24-/m0/s1. The summed E-state index contributed by atoms with van der Waals surface area (Å²) in [4.78, 5) is 14.7. The Kier molecular flexibility index (Phi) is 6.02. The number of nitrogens with one attached hydrogen (secondary N) is 1. The number of anilines is 1. The fourth-order valence-electron chi connectivity index (χ4n) is 3.89. The number of benzene rings is 3. The van der Waals surface area contributed by atoms with Crippen molar-refractivity contribution in [1.82, 2.24) is 0 Å². The highest BCUT2D eigenvalue weighted by Crippen LogP contribution is 2.34. The van der Waals surface area contributed by atoms with E-state index in [4.69, 9.17) is 0 Å². The SMILES string of the molecule is Cc1ccc(C)c(NC(=O)[C@@H]([NH2+][C@H]2CCSc3ccccc32)c2ccccc2)c1. The van der Waals surface area contributed by atoms with Crippen molar-refractivity contribution < 1.29 is 10.1 Å². The first-order valence-electron chi connectivity index (χ1n) is 10.1. The van der Waals surface area contributed by atoms with Crippen LogP contribution in [0.4, 0.5) is 5.69 Å². The number of thioether (sulfide) groups is 1. The second-order valence-electron chi connectivity index (χ2n) is 7.67. The lowest BCUT2D eigenvalue weighted by Crippen LogP contribution is -2.88. The molecular formula is C25H27N2OS+. The minimum Gasteiger partial charge on any atom is -0.326 e. The van der Waals surface area contributed by atoms with Gasteiger partial charge in [0, 0.05) is 33.9 Å². The normalized spacial score (nSPS) is 16.7. The summed E-state index contributed by atoms with van der Waals surface area (Å²) in [5, 5.41) is 5.43. The molecule has 4 heteroatoms. The van der Waals surface area contributed by atoms with E-state index in [1.54, 1.807) is 0 Å². The number of amides is 1. The number of hydrogen-bond donors (Lipinski definition) is 2. The van der Waals surface area contributed by atoms with Gasteiger partial charge in [0.2, 0.25) is 0 Å². The average Bonchev–Trinajstić information content (AvgIpc) is 2.75. The molecule has 1 amide bonds. The molecule has 3 nitrogen and oxygen atoms in total. The van der Waals surface area contributed by atoms with E-state index in [0.29, 0.717) is 0 Å². The Hall–Kier alpha value is -2.56. The summed E-state index contributed by atoms with van der Waals surface area (Å²) in [5.74, 6) is 1.11. The smallest absolute Gasteiger partial charge is 0.287 e. The topological polar surface area (TPSA) is 45.7 Å². The van der Waals surface area contributed by atoms with Gasteiger partial charge in [0.1, 0.15) is 6.04 Å². The molecule has 0 bridgehead atoms. The van der Waals surface area contributed by atoms with Crippen LogP contribution < -0.4 is 10.6 Å². The largest absolute Gasteiger partial charge is 0.326 e. The van der Waals surface area contributed by atoms with Gasteiger partial charge >= 0.3 is 0 Å². The van der Waals surface area contributed by atoms with E-state index in [2.05, 4.69) is 47.0 Å². The first-order chi connectivity index (χ1) is 14.1. The first kappa shape index (κ1) is 19.7. The van der Waals surface area contributed by atoms with Crippen molar-refractivity contribution in [2.75, 3.05) is 11.1 Å². The molecule has 0 saturated carbocycles. The summed E-state index contributed by atoms with van der Waals surface area (Å²) in [6, 6.07) is 24.8. The van der Waals surface area contributed by atoms with Gasteiger partial charge in [0.05, 0.1) is 0 Å². The van der Waals surface area contributed by atoms with E-state index in [9.17, 15) is 4.79 Å². The molecule has 0 saturated heterocycles. The molecule has 1 heterocycles. The quantitative estimate of drug-likeness (QED) is 0.644. The van der Waals surface area contributed by atoms with E-state index in [1.807, 2.05) is 62.0 Å². The molecule has 3 N–H and O–H groups in total. The lowest BCUT2D eigenvalue weighted by Gasteiger charge is -2.27. The van der Waals surface area contributed by atoms with E-state index in [-0.39, 0.29) is 18.0 Å². The Balaban J connectivity index is 1.63. The molecule has 0 radical (unpaired) electrons. The highest BCUT2D eigenvalue weighted by molar-refractivity contribution is 7.99. The van der Waals surface area contributed by atoms with E-state index in [0.717, 1.165) is 34.6 Å². The zero-order chi connectivity index (χ0) is 20.2. The van der Waals surface area contributed by atoms with Crippen LogP contribution in [-0.2, 0) is 4.79 Å². The van der Waals surface area contributed by atoms with Crippen LogP contribution in [0.15, 0.2) is 77.7 Å². The Bertz CT molecular complexity index is 1000. The van der Waals surface area contributed by atoms with Crippen molar-refractivity contribution >= 4 is 23.4 Å². The molecule has 0 aromatic heterocycles. The van der Waals surface area contributed by atoms with Crippen molar-refractivity contribution in [3.05, 3.63) is 95.1 Å². The number of hydrogen-bond acceptors (Lipinski definition) is 2. The highest BCUT2D eigenvalue weighted by atomic mass is 32.2. The molecular weight excluding hydrogens is 376 g/mol. The maximum Gasteiger partial charge on any atom is 0.287 e. The summed E-state index contributed by atoms with van der Waals surface area (Å²) in [7, 11) is 0. The summed E-state index contributed by atoms with van der Waals surface area (Å²) in [6.45, 7) is 4.08. The van der Waals surface area contributed by atoms with Crippen molar-refractivity contribution in [1.29, 1.82) is 0 Å². The number of fused-ring (bicyclic) bond motifs is 1. The zero-order valence-electron chi connectivity index (χ0n) is 16.9. The van der Waals surface area contributed by atoms with Crippen molar-refractivity contribution in [2.45, 2.75) is 37.2 Å². The van der Waals surface area contributed by atoms with Crippen LogP contribution in [-0.4, -0.2) is 11.7 Å². The van der Waals surface area contributed by atoms with Gasteiger partial charge in [-0.25, -0.2) is 0 Å². The van der Waals surface area contributed by atoms with Crippen LogP contribution in [0.5, 0.6) is 0 Å². The lowest BCUT2D eigenvalue weighted by atomic mass is 9.99. The molecule has 3 aromatic rings. The summed E-state index contributed by atoms with van der Waals surface area (Å²) >= 11 is 1.91. The Labute approximate surface area is 176 Å². The van der Waals surface area contributed by atoms with Crippen LogP contribution in [0.2, 0.25) is 0 Å². The predicted octanol–water partition coefficient (Wildman–Crippen LogP) is 4.78. The summed E-state index contributed by atoms with van der Waals surface area (Å²) < 4.78 is 0. The minimum atomic E-state index is -0.294. The van der Waals surface area contributed by atoms with Crippen molar-refractivity contribution in [3.63, 3.8) is 0 Å². The molecule has 148 valence electrons. The van der Waals surface area contributed by atoms with Crippen LogP contribution in [0.25, 0.3) is 0 Å². The van der Waals surface area contributed by atoms with Crippen molar-refractivity contribution in [3.8, 4) is 0 Å². The molecule has 2 atom stereocenters. The van der Waals surface area contributed by atoms with Crippen molar-refractivity contribution in [2.24, 2.45) is 0 Å². The second-order valence-corrected chi connectivity index (χ2v) is 8.81. The summed E-state index contributed by atoms with van der Waals surface area (Å²) in [5.41, 5.74) is 5.48. The third-order valence-electron chi connectivity index (χ3n) is 5.52. The number of carbonyl (C=O) groups is 1. The van der Waals surface area contributed by atoms with Gasteiger partial charge in [-0.3, -0.25) is 4.79 Å². The molecule has 1 aliphatic rings. The first-order valence-corrected chi connectivity index (χ1v) is 11.1. The molecule has 0 aliphatic carbocycles. The Morgan fingerprint density at radius 2 is 1.79 bits per heavy atom. The fourth-order valence-corrected chi connectivity index (χ4v) is 5.05. The highest BCUT2D eigenvalue weighted by Gasteiger charge is 2.31. The van der Waals surface area contributed by atoms with Crippen LogP contribution in [0.1, 0.15) is 40.8 Å². The van der Waals surface area contributed by atoms with Crippen LogP contribution >= 0.6 is 11.8 Å². The lowest BCUT2D eigenvalue weighted by molar-refractivity contribution is -0.722. The van der Waals surface area contributed by atoms with Gasteiger partial charge in [-0.15, -0.1) is 11.8 Å². The van der Waals surface area contributed by atoms with Crippen LogP contribution in [0.3, 0.4) is 0 Å². The number of nitrogens with two attached hydrogens (primary N) is 1. The summed E-state index contributed by atoms with van der Waals surface area (Å²) in [6.07, 6.45) is 1.06. The molecule has 0 unspecified atom stereocenters. The zero-order valence-corrected chi connectivity index (χ0v) is 17.7. The Morgan fingerprint density at radius 1 is 1.03 bits per heavy atom. The molecule has 1 aliphatic heterocycles. The van der Waals surface area contributed by atoms with E-state index < -0.39 is 0 Å². The average molecular weight is 404 g/mol. The number of carbonyl (C=O) groups excluding carboxylic acids is 1. The number of quaternary nitrogens is 1. The van der Waals surface area contributed by atoms with Gasteiger partial charge in [-0.1, -0.05) is 60.7 Å². The van der Waals surface area contributed by atoms with E-state index >= 15 is 0 Å². The maximum atomic E-state index is 13.4. The molecule has 29 heavy (non-hydrogen) atoms. The number of aryl methyl sites for hydroxylation is 2. The van der Waals surface area contributed by atoms with Gasteiger partial charge < -0.3 is 10.6 Å². The molecule has 4 rings (SSSR count). The third kappa shape index (κ3) is 4.55. The van der Waals surface area contributed by atoms with E-state index in [1.165, 1.54) is 10.5 Å². The molecule has 0 spiro atoms. The van der Waals surface area contributed by atoms with Gasteiger partial charge in [-0.2, -0.15) is 0 Å². The maximum absolute atomic E-state index is 13.4. The third-order valence-corrected chi connectivity index (χ3v) is 6.64. The van der Waals surface area contributed by atoms with Gasteiger partial charge in [0.25, 0.3) is 5.91 Å². The molecule has 3 aromatic carbocycles. The van der Waals surface area contributed by atoms with Gasteiger partial charge in [-0.05, 0) is 37.1 Å². The molecule has 0 fully saturated rings. The Morgan fingerprint density at radius 3 is 2.62 bits per heavy atom. The van der Waals surface area contributed by atoms with Crippen LogP contribution in [0, 0.1) is 13.8 Å². The minimum absolute atomic E-state index is 0.0283. The monoisotopic (exact) mass is 403 g/mol. The predicted molar refractivity (Wildman–Crippen MR) is 120 cm³/mol. The fraction of sp³-hybridized carbons (Fsp3) is 0.240.